The number of hydrogen-bond donors (Lipinski definition) is 1. The first-order valence-electron chi connectivity index (χ1n) is 6.56. The second-order valence-electron chi connectivity index (χ2n) is 5.07. The van der Waals surface area contributed by atoms with E-state index >= 15 is 0 Å². The highest BCUT2D eigenvalue weighted by Crippen LogP contribution is 2.21. The Hall–Kier alpha value is -0.490. The third-order valence-corrected chi connectivity index (χ3v) is 4.32. The van der Waals surface area contributed by atoms with Crippen molar-refractivity contribution in [3.05, 3.63) is 16.1 Å². The van der Waals surface area contributed by atoms with E-state index in [2.05, 4.69) is 29.2 Å². The minimum absolute atomic E-state index is 0.390. The molecule has 0 amide bonds. The van der Waals surface area contributed by atoms with Crippen LogP contribution in [0.4, 0.5) is 0 Å². The Kier molecular flexibility index (Phi) is 5.12. The predicted molar refractivity (Wildman–Crippen MR) is 75.0 cm³/mol. The quantitative estimate of drug-likeness (QED) is 0.852. The van der Waals surface area contributed by atoms with Crippen LogP contribution < -0.4 is 5.32 Å². The molecular formula is C13H23N3OS. The van der Waals surface area contributed by atoms with Crippen molar-refractivity contribution >= 4 is 11.3 Å². The van der Waals surface area contributed by atoms with Crippen LogP contribution in [0.25, 0.3) is 0 Å². The summed E-state index contributed by atoms with van der Waals surface area (Å²) in [6, 6.07) is 0. The number of hydrogen-bond acceptors (Lipinski definition) is 5. The Morgan fingerprint density at radius 1 is 1.50 bits per heavy atom. The average molecular weight is 269 g/mol. The highest BCUT2D eigenvalue weighted by molar-refractivity contribution is 7.09. The van der Waals surface area contributed by atoms with Gasteiger partial charge in [-0.3, -0.25) is 4.90 Å². The summed E-state index contributed by atoms with van der Waals surface area (Å²) in [7, 11) is 4.14. The van der Waals surface area contributed by atoms with Gasteiger partial charge in [0.2, 0.25) is 0 Å². The van der Waals surface area contributed by atoms with Crippen LogP contribution in [0.5, 0.6) is 0 Å². The molecule has 1 aliphatic rings. The molecule has 1 aliphatic heterocycles. The Morgan fingerprint density at radius 3 is 2.94 bits per heavy atom. The van der Waals surface area contributed by atoms with Crippen LogP contribution in [0.1, 0.15) is 23.4 Å². The molecule has 4 nitrogen and oxygen atoms in total. The lowest BCUT2D eigenvalue weighted by Gasteiger charge is -2.21. The third-order valence-electron chi connectivity index (χ3n) is 3.40. The van der Waals surface area contributed by atoms with E-state index in [0.717, 1.165) is 25.3 Å². The van der Waals surface area contributed by atoms with E-state index in [9.17, 15) is 0 Å². The molecule has 0 saturated carbocycles. The number of rotatable bonds is 6. The zero-order chi connectivity index (χ0) is 13.0. The molecule has 0 radical (unpaired) electrons. The second kappa shape index (κ2) is 6.61. The van der Waals surface area contributed by atoms with Gasteiger partial charge in [0.05, 0.1) is 23.4 Å². The van der Waals surface area contributed by atoms with Crippen LogP contribution in [-0.2, 0) is 11.3 Å². The van der Waals surface area contributed by atoms with Gasteiger partial charge in [-0.1, -0.05) is 0 Å². The van der Waals surface area contributed by atoms with Crippen LogP contribution in [0.3, 0.4) is 0 Å². The van der Waals surface area contributed by atoms with Crippen molar-refractivity contribution in [2.24, 2.45) is 0 Å². The summed E-state index contributed by atoms with van der Waals surface area (Å²) >= 11 is 1.74. The fourth-order valence-corrected chi connectivity index (χ4v) is 3.28. The molecule has 0 aliphatic carbocycles. The van der Waals surface area contributed by atoms with E-state index < -0.39 is 0 Å². The average Bonchev–Trinajstić information content (AvgIpc) is 2.90. The lowest BCUT2D eigenvalue weighted by Crippen LogP contribution is -2.30. The first kappa shape index (κ1) is 13.9. The second-order valence-corrected chi connectivity index (χ2v) is 6.01. The van der Waals surface area contributed by atoms with Crippen LogP contribution >= 0.6 is 11.3 Å². The molecule has 1 saturated heterocycles. The predicted octanol–water partition coefficient (Wildman–Crippen LogP) is 1.65. The van der Waals surface area contributed by atoms with Crippen LogP contribution in [0.15, 0.2) is 5.51 Å². The van der Waals surface area contributed by atoms with Crippen molar-refractivity contribution in [2.75, 3.05) is 27.2 Å². The smallest absolute Gasteiger partial charge is 0.0798 e. The van der Waals surface area contributed by atoms with E-state index in [1.807, 2.05) is 12.6 Å². The largest absolute Gasteiger partial charge is 0.372 e. The van der Waals surface area contributed by atoms with Crippen molar-refractivity contribution in [3.63, 3.8) is 0 Å². The lowest BCUT2D eigenvalue weighted by atomic mass is 10.2. The molecule has 1 aromatic heterocycles. The molecule has 102 valence electrons. The zero-order valence-electron chi connectivity index (χ0n) is 11.5. The number of thiazole rings is 1. The molecule has 18 heavy (non-hydrogen) atoms. The molecule has 0 aromatic carbocycles. The topological polar surface area (TPSA) is 37.4 Å². The molecular weight excluding hydrogens is 246 g/mol. The summed E-state index contributed by atoms with van der Waals surface area (Å²) in [5.41, 5.74) is 3.08. The summed E-state index contributed by atoms with van der Waals surface area (Å²) in [4.78, 5) is 7.99. The number of nitrogens with zero attached hydrogens (tertiary/aromatic N) is 2. The van der Waals surface area contributed by atoms with Gasteiger partial charge < -0.3 is 10.1 Å². The summed E-state index contributed by atoms with van der Waals surface area (Å²) in [5.74, 6) is 0. The van der Waals surface area contributed by atoms with Gasteiger partial charge in [-0.25, -0.2) is 4.98 Å². The van der Waals surface area contributed by atoms with Gasteiger partial charge in [-0.05, 0) is 33.9 Å². The van der Waals surface area contributed by atoms with Gasteiger partial charge in [-0.15, -0.1) is 11.3 Å². The van der Waals surface area contributed by atoms with Crippen molar-refractivity contribution in [3.8, 4) is 0 Å². The number of likely N-dealkylation sites (N-methyl/N-ethyl adjacent to an activating group) is 2. The first-order chi connectivity index (χ1) is 8.69. The summed E-state index contributed by atoms with van der Waals surface area (Å²) < 4.78 is 6.01. The number of aromatic nitrogens is 1. The van der Waals surface area contributed by atoms with E-state index in [1.54, 1.807) is 11.3 Å². The number of aryl methyl sites for hydroxylation is 1. The van der Waals surface area contributed by atoms with Crippen molar-refractivity contribution in [1.82, 2.24) is 15.2 Å². The van der Waals surface area contributed by atoms with Crippen LogP contribution in [0.2, 0.25) is 0 Å². The first-order valence-corrected chi connectivity index (χ1v) is 7.44. The summed E-state index contributed by atoms with van der Waals surface area (Å²) in [6.45, 7) is 5.04. The van der Waals surface area contributed by atoms with Gasteiger partial charge in [0.15, 0.2) is 0 Å². The van der Waals surface area contributed by atoms with E-state index in [4.69, 9.17) is 4.74 Å². The van der Waals surface area contributed by atoms with Crippen LogP contribution in [0, 0.1) is 6.92 Å². The SMILES string of the molecule is CNCC1CCC(CN(C)Cc2scnc2C)O1. The fourth-order valence-electron chi connectivity index (χ4n) is 2.43. The third kappa shape index (κ3) is 3.75. The molecule has 2 rings (SSSR count). The van der Waals surface area contributed by atoms with E-state index in [0.29, 0.717) is 12.2 Å². The maximum absolute atomic E-state index is 6.01. The molecule has 2 heterocycles. The molecule has 2 unspecified atom stereocenters. The van der Waals surface area contributed by atoms with Gasteiger partial charge in [0, 0.05) is 24.5 Å². The van der Waals surface area contributed by atoms with Gasteiger partial charge in [0.25, 0.3) is 0 Å². The zero-order valence-corrected chi connectivity index (χ0v) is 12.3. The molecule has 1 N–H and O–H groups in total. The van der Waals surface area contributed by atoms with E-state index in [1.165, 1.54) is 17.7 Å². The van der Waals surface area contributed by atoms with Gasteiger partial charge >= 0.3 is 0 Å². The standard InChI is InChI=1S/C13H23N3OS/c1-10-13(18-9-15-10)8-16(3)7-12-5-4-11(17-12)6-14-2/h9,11-12,14H,4-8H2,1-3H3. The molecule has 1 fully saturated rings. The number of ether oxygens (including phenoxy) is 1. The van der Waals surface area contributed by atoms with Gasteiger partial charge in [-0.2, -0.15) is 0 Å². The van der Waals surface area contributed by atoms with Gasteiger partial charge in [0.1, 0.15) is 0 Å². The Balaban J connectivity index is 1.75. The Labute approximate surface area is 113 Å². The monoisotopic (exact) mass is 269 g/mol. The summed E-state index contributed by atoms with van der Waals surface area (Å²) in [5, 5.41) is 3.18. The maximum atomic E-state index is 6.01. The molecule has 0 spiro atoms. The normalized spacial score (nSPS) is 24.0. The molecule has 0 bridgehead atoms. The minimum Gasteiger partial charge on any atom is -0.372 e. The Bertz CT molecular complexity index is 369. The molecule has 5 heteroatoms. The number of nitrogens with one attached hydrogen (secondary N) is 1. The van der Waals surface area contributed by atoms with Crippen LogP contribution in [-0.4, -0.2) is 49.3 Å². The van der Waals surface area contributed by atoms with Crippen molar-refractivity contribution in [1.29, 1.82) is 0 Å². The minimum atomic E-state index is 0.390. The fraction of sp³-hybridized carbons (Fsp3) is 0.769. The maximum Gasteiger partial charge on any atom is 0.0798 e. The molecule has 1 aromatic rings. The Morgan fingerprint density at radius 2 is 2.28 bits per heavy atom. The lowest BCUT2D eigenvalue weighted by molar-refractivity contribution is 0.0277. The van der Waals surface area contributed by atoms with Crippen molar-refractivity contribution in [2.45, 2.75) is 38.5 Å². The highest BCUT2D eigenvalue weighted by Gasteiger charge is 2.25. The molecule has 2 atom stereocenters. The van der Waals surface area contributed by atoms with Crippen molar-refractivity contribution < 1.29 is 4.74 Å². The van der Waals surface area contributed by atoms with E-state index in [-0.39, 0.29) is 0 Å². The highest BCUT2D eigenvalue weighted by atomic mass is 32.1. The summed E-state index contributed by atoms with van der Waals surface area (Å²) in [6.07, 6.45) is 3.15.